The molecule has 0 aliphatic carbocycles. The number of phenolic OH excluding ortho intramolecular Hbond substituents is 2. The first-order valence-corrected chi connectivity index (χ1v) is 12.7. The Labute approximate surface area is 193 Å². The lowest BCUT2D eigenvalue weighted by atomic mass is 9.91. The van der Waals surface area contributed by atoms with E-state index in [1.165, 1.54) is 57.8 Å². The summed E-state index contributed by atoms with van der Waals surface area (Å²) < 4.78 is 0. The van der Waals surface area contributed by atoms with Gasteiger partial charge in [-0.3, -0.25) is 0 Å². The number of allylic oxidation sites excluding steroid dienone is 1. The molecular weight excluding hydrogens is 380 g/mol. The van der Waals surface area contributed by atoms with Crippen LogP contribution in [0.3, 0.4) is 0 Å². The molecule has 0 saturated heterocycles. The minimum atomic E-state index is 0.295. The van der Waals surface area contributed by atoms with Gasteiger partial charge in [0.1, 0.15) is 11.5 Å². The van der Waals surface area contributed by atoms with Gasteiger partial charge in [0.25, 0.3) is 0 Å². The maximum absolute atomic E-state index is 10.5. The third kappa shape index (κ3) is 9.71. The summed E-state index contributed by atoms with van der Waals surface area (Å²) in [6.07, 6.45) is 16.2. The highest BCUT2D eigenvalue weighted by Gasteiger charge is 2.14. The molecule has 0 fully saturated rings. The first-order chi connectivity index (χ1) is 14.5. The van der Waals surface area contributed by atoms with Gasteiger partial charge in [0.2, 0.25) is 0 Å². The van der Waals surface area contributed by atoms with Crippen LogP contribution < -0.4 is 0 Å². The average molecular weight is 431 g/mol. The van der Waals surface area contributed by atoms with E-state index in [-0.39, 0.29) is 0 Å². The van der Waals surface area contributed by atoms with Gasteiger partial charge in [-0.15, -0.1) is 0 Å². The maximum atomic E-state index is 10.5. The molecule has 1 aromatic rings. The molecule has 0 heterocycles. The average Bonchev–Trinajstić information content (AvgIpc) is 2.70. The van der Waals surface area contributed by atoms with Gasteiger partial charge in [0.05, 0.1) is 0 Å². The van der Waals surface area contributed by atoms with Gasteiger partial charge in [0, 0.05) is 11.1 Å². The van der Waals surface area contributed by atoms with Crippen molar-refractivity contribution in [2.75, 3.05) is 0 Å². The Morgan fingerprint density at radius 1 is 0.613 bits per heavy atom. The zero-order valence-corrected chi connectivity index (χ0v) is 21.7. The molecule has 2 nitrogen and oxygen atoms in total. The highest BCUT2D eigenvalue weighted by molar-refractivity contribution is 5.68. The van der Waals surface area contributed by atoms with Crippen molar-refractivity contribution < 1.29 is 10.2 Å². The molecule has 178 valence electrons. The molecule has 0 amide bonds. The molecule has 1 rings (SSSR count). The normalized spacial score (nSPS) is 15.0. The van der Waals surface area contributed by atoms with Crippen LogP contribution in [0.15, 0.2) is 6.08 Å². The zero-order chi connectivity index (χ0) is 23.6. The van der Waals surface area contributed by atoms with Gasteiger partial charge >= 0.3 is 0 Å². The Bertz CT molecular complexity index is 657. The summed E-state index contributed by atoms with van der Waals surface area (Å²) in [5, 5.41) is 20.8. The molecule has 0 aromatic heterocycles. The van der Waals surface area contributed by atoms with E-state index in [2.05, 4.69) is 40.7 Å². The van der Waals surface area contributed by atoms with Crippen LogP contribution in [0.2, 0.25) is 0 Å². The Balaban J connectivity index is 2.34. The molecule has 2 heteroatoms. The lowest BCUT2D eigenvalue weighted by Gasteiger charge is -2.16. The van der Waals surface area contributed by atoms with E-state index in [0.29, 0.717) is 17.4 Å². The molecule has 0 saturated carbocycles. The first-order valence-electron chi connectivity index (χ1n) is 12.7. The smallest absolute Gasteiger partial charge is 0.126 e. The maximum Gasteiger partial charge on any atom is 0.126 e. The Kier molecular flexibility index (Phi) is 12.3. The van der Waals surface area contributed by atoms with Crippen LogP contribution in [-0.4, -0.2) is 10.2 Å². The summed E-state index contributed by atoms with van der Waals surface area (Å²) in [4.78, 5) is 0. The minimum Gasteiger partial charge on any atom is -0.507 e. The van der Waals surface area contributed by atoms with Gasteiger partial charge in [-0.25, -0.2) is 0 Å². The number of hydrogen-bond acceptors (Lipinski definition) is 2. The van der Waals surface area contributed by atoms with E-state index < -0.39 is 0 Å². The molecule has 1 aromatic carbocycles. The second kappa shape index (κ2) is 13.9. The molecule has 3 atom stereocenters. The zero-order valence-electron chi connectivity index (χ0n) is 21.7. The molecular formula is C29H50O2. The molecule has 31 heavy (non-hydrogen) atoms. The highest BCUT2D eigenvalue weighted by Crippen LogP contribution is 2.37. The minimum absolute atomic E-state index is 0.295. The Hall–Kier alpha value is -1.44. The number of hydrogen-bond donors (Lipinski definition) is 2. The standard InChI is InChI=1S/C29H50O2/c1-20(2)12-9-13-21(3)14-10-15-22(4)16-11-17-23(5)18-19-27-26(8)28(30)24(6)25(7)29(27)31/h18-23,30-31H,9-17H2,1-8H3/t21-,22+,23-/m0/s1. The summed E-state index contributed by atoms with van der Waals surface area (Å²) >= 11 is 0. The summed E-state index contributed by atoms with van der Waals surface area (Å²) in [7, 11) is 0. The van der Waals surface area contributed by atoms with Crippen LogP contribution in [0.5, 0.6) is 11.5 Å². The van der Waals surface area contributed by atoms with Crippen LogP contribution >= 0.6 is 0 Å². The third-order valence-electron chi connectivity index (χ3n) is 7.11. The molecule has 0 unspecified atom stereocenters. The van der Waals surface area contributed by atoms with Crippen molar-refractivity contribution in [1.29, 1.82) is 0 Å². The molecule has 2 N–H and O–H groups in total. The predicted molar refractivity (Wildman–Crippen MR) is 137 cm³/mol. The quantitative estimate of drug-likeness (QED) is 0.289. The van der Waals surface area contributed by atoms with E-state index in [1.54, 1.807) is 0 Å². The van der Waals surface area contributed by atoms with Crippen molar-refractivity contribution in [3.63, 3.8) is 0 Å². The fraction of sp³-hybridized carbons (Fsp3) is 0.724. The predicted octanol–water partition coefficient (Wildman–Crippen LogP) is 9.11. The lowest BCUT2D eigenvalue weighted by molar-refractivity contribution is 0.383. The monoisotopic (exact) mass is 430 g/mol. The summed E-state index contributed by atoms with van der Waals surface area (Å²) in [5.41, 5.74) is 3.04. The number of rotatable bonds is 14. The molecule has 0 radical (unpaired) electrons. The van der Waals surface area contributed by atoms with Crippen LogP contribution in [0, 0.1) is 44.4 Å². The molecule has 0 aliphatic rings. The molecule has 0 spiro atoms. The fourth-order valence-electron chi connectivity index (χ4n) is 4.47. The van der Waals surface area contributed by atoms with Gasteiger partial charge in [-0.05, 0) is 62.0 Å². The molecule has 0 bridgehead atoms. The van der Waals surface area contributed by atoms with Gasteiger partial charge in [0.15, 0.2) is 0 Å². The topological polar surface area (TPSA) is 40.5 Å². The SMILES string of the molecule is Cc1c(C)c(O)c(C=C[C@@H](C)CCC[C@H](C)CCC[C@@H](C)CCCC(C)C)c(C)c1O. The summed E-state index contributed by atoms with van der Waals surface area (Å²) in [6.45, 7) is 17.3. The van der Waals surface area contributed by atoms with Crippen molar-refractivity contribution in [3.05, 3.63) is 28.3 Å². The Morgan fingerprint density at radius 2 is 1.06 bits per heavy atom. The van der Waals surface area contributed by atoms with Crippen LogP contribution in [0.4, 0.5) is 0 Å². The number of phenols is 2. The second-order valence-corrected chi connectivity index (χ2v) is 10.7. The van der Waals surface area contributed by atoms with E-state index in [1.807, 2.05) is 26.8 Å². The largest absolute Gasteiger partial charge is 0.507 e. The van der Waals surface area contributed by atoms with Gasteiger partial charge in [-0.1, -0.05) is 98.1 Å². The van der Waals surface area contributed by atoms with Crippen LogP contribution in [0.1, 0.15) is 115 Å². The van der Waals surface area contributed by atoms with Crippen molar-refractivity contribution in [2.45, 2.75) is 113 Å². The van der Waals surface area contributed by atoms with Gasteiger partial charge < -0.3 is 10.2 Å². The lowest BCUT2D eigenvalue weighted by Crippen LogP contribution is -2.01. The summed E-state index contributed by atoms with van der Waals surface area (Å²) in [6, 6.07) is 0. The van der Waals surface area contributed by atoms with Crippen molar-refractivity contribution in [2.24, 2.45) is 23.7 Å². The van der Waals surface area contributed by atoms with E-state index in [9.17, 15) is 10.2 Å². The molecule has 0 aliphatic heterocycles. The van der Waals surface area contributed by atoms with Crippen molar-refractivity contribution >= 4 is 6.08 Å². The fourth-order valence-corrected chi connectivity index (χ4v) is 4.47. The van der Waals surface area contributed by atoms with Crippen molar-refractivity contribution in [1.82, 2.24) is 0 Å². The van der Waals surface area contributed by atoms with Crippen molar-refractivity contribution in [3.8, 4) is 11.5 Å². The second-order valence-electron chi connectivity index (χ2n) is 10.7. The van der Waals surface area contributed by atoms with E-state index in [4.69, 9.17) is 0 Å². The number of benzene rings is 1. The first kappa shape index (κ1) is 27.6. The van der Waals surface area contributed by atoms with Crippen LogP contribution in [0.25, 0.3) is 6.08 Å². The van der Waals surface area contributed by atoms with E-state index in [0.717, 1.165) is 40.0 Å². The van der Waals surface area contributed by atoms with E-state index >= 15 is 0 Å². The summed E-state index contributed by atoms with van der Waals surface area (Å²) in [5.74, 6) is 3.58. The Morgan fingerprint density at radius 3 is 1.58 bits per heavy atom. The number of aromatic hydroxyl groups is 2. The van der Waals surface area contributed by atoms with Gasteiger partial charge in [-0.2, -0.15) is 0 Å². The third-order valence-corrected chi connectivity index (χ3v) is 7.11. The highest BCUT2D eigenvalue weighted by atomic mass is 16.3. The van der Waals surface area contributed by atoms with Crippen LogP contribution in [-0.2, 0) is 0 Å².